The summed E-state index contributed by atoms with van der Waals surface area (Å²) in [7, 11) is 0. The number of allylic oxidation sites excluding steroid dienone is 1. The lowest BCUT2D eigenvalue weighted by molar-refractivity contribution is -0.118. The lowest BCUT2D eigenvalue weighted by Crippen LogP contribution is -2.31. The normalized spacial score (nSPS) is 20.9. The Morgan fingerprint density at radius 1 is 1.07 bits per heavy atom. The maximum Gasteiger partial charge on any atom is 0.163 e. The highest BCUT2D eigenvalue weighted by Gasteiger charge is 2.39. The van der Waals surface area contributed by atoms with Crippen molar-refractivity contribution >= 4 is 17.2 Å². The molecule has 5 heteroatoms. The van der Waals surface area contributed by atoms with Gasteiger partial charge in [0.25, 0.3) is 0 Å². The molecule has 0 saturated heterocycles. The number of phenols is 2. The van der Waals surface area contributed by atoms with Gasteiger partial charge in [-0.3, -0.25) is 4.79 Å². The van der Waals surface area contributed by atoms with Gasteiger partial charge in [0, 0.05) is 23.3 Å². The highest BCUT2D eigenvalue weighted by molar-refractivity contribution is 6.01. The average Bonchev–Trinajstić information content (AvgIpc) is 2.72. The van der Waals surface area contributed by atoms with E-state index in [0.29, 0.717) is 17.6 Å². The van der Waals surface area contributed by atoms with Gasteiger partial charge >= 0.3 is 0 Å². The summed E-state index contributed by atoms with van der Waals surface area (Å²) in [4.78, 5) is 13.1. The van der Waals surface area contributed by atoms with Gasteiger partial charge in [-0.15, -0.1) is 0 Å². The molecule has 2 aromatic carbocycles. The molecule has 2 aliphatic rings. The van der Waals surface area contributed by atoms with Crippen molar-refractivity contribution in [2.45, 2.75) is 39.7 Å². The molecule has 0 amide bonds. The zero-order valence-corrected chi connectivity index (χ0v) is 15.8. The Bertz CT molecular complexity index is 976. The molecular weight excluding hydrogens is 340 g/mol. The molecular formula is C22H24N2O3. The van der Waals surface area contributed by atoms with Crippen LogP contribution in [0.1, 0.15) is 43.9 Å². The van der Waals surface area contributed by atoms with Gasteiger partial charge in [-0.05, 0) is 42.5 Å². The Morgan fingerprint density at radius 3 is 2.63 bits per heavy atom. The topological polar surface area (TPSA) is 81.6 Å². The van der Waals surface area contributed by atoms with E-state index in [9.17, 15) is 15.0 Å². The number of anilines is 2. The molecule has 0 radical (unpaired) electrons. The van der Waals surface area contributed by atoms with E-state index in [4.69, 9.17) is 0 Å². The van der Waals surface area contributed by atoms with Crippen LogP contribution >= 0.6 is 0 Å². The Hall–Kier alpha value is -2.95. The van der Waals surface area contributed by atoms with Crippen LogP contribution in [0.2, 0.25) is 0 Å². The average molecular weight is 364 g/mol. The van der Waals surface area contributed by atoms with Crippen molar-refractivity contribution in [1.29, 1.82) is 0 Å². The highest BCUT2D eigenvalue weighted by atomic mass is 16.3. The van der Waals surface area contributed by atoms with E-state index >= 15 is 0 Å². The highest BCUT2D eigenvalue weighted by Crippen LogP contribution is 2.47. The zero-order chi connectivity index (χ0) is 19.3. The Morgan fingerprint density at radius 2 is 1.85 bits per heavy atom. The van der Waals surface area contributed by atoms with Crippen LogP contribution < -0.4 is 10.6 Å². The number of aryl methyl sites for hydroxylation is 1. The molecule has 0 fully saturated rings. The lowest BCUT2D eigenvalue weighted by atomic mass is 9.73. The maximum absolute atomic E-state index is 13.1. The number of hydrogen-bond acceptors (Lipinski definition) is 5. The van der Waals surface area contributed by atoms with E-state index in [0.717, 1.165) is 29.1 Å². The quantitative estimate of drug-likeness (QED) is 0.555. The molecule has 4 rings (SSSR count). The summed E-state index contributed by atoms with van der Waals surface area (Å²) >= 11 is 0. The molecule has 4 N–H and O–H groups in total. The van der Waals surface area contributed by atoms with Gasteiger partial charge < -0.3 is 20.8 Å². The number of carbonyl (C=O) groups excluding carboxylic acids is 1. The van der Waals surface area contributed by atoms with Gasteiger partial charge in [-0.1, -0.05) is 32.0 Å². The number of rotatable bonds is 1. The summed E-state index contributed by atoms with van der Waals surface area (Å²) in [5, 5.41) is 27.4. The molecule has 1 aliphatic carbocycles. The minimum absolute atomic E-state index is 0.0542. The molecule has 0 saturated carbocycles. The molecule has 2 aromatic rings. The van der Waals surface area contributed by atoms with Crippen molar-refractivity contribution < 1.29 is 15.0 Å². The Labute approximate surface area is 158 Å². The number of ketones is 1. The second-order valence-electron chi connectivity index (χ2n) is 8.30. The van der Waals surface area contributed by atoms with Crippen molar-refractivity contribution in [3.05, 3.63) is 58.8 Å². The summed E-state index contributed by atoms with van der Waals surface area (Å²) in [5.41, 5.74) is 4.72. The standard InChI is InChI=1S/C22H24N2O3/c1-12-7-8-14-15(9-12)24-20(13-5-4-6-17(25)21(13)27)19-16(23-14)10-22(2,3)11-18(19)26/h4-9,20,23-25,27H,10-11H2,1-3H3/t20-/m0/s1. The predicted octanol–water partition coefficient (Wildman–Crippen LogP) is 4.63. The van der Waals surface area contributed by atoms with E-state index < -0.39 is 6.04 Å². The van der Waals surface area contributed by atoms with Gasteiger partial charge in [0.15, 0.2) is 17.3 Å². The van der Waals surface area contributed by atoms with E-state index in [2.05, 4.69) is 24.5 Å². The Kier molecular flexibility index (Phi) is 3.91. The third-order valence-corrected chi connectivity index (χ3v) is 5.33. The van der Waals surface area contributed by atoms with Crippen LogP contribution in [0.15, 0.2) is 47.7 Å². The molecule has 0 unspecified atom stereocenters. The van der Waals surface area contributed by atoms with Crippen LogP contribution in [0.5, 0.6) is 11.5 Å². The van der Waals surface area contributed by atoms with E-state index in [1.54, 1.807) is 12.1 Å². The molecule has 27 heavy (non-hydrogen) atoms. The number of phenolic OH excluding ortho intramolecular Hbond substituents is 2. The number of benzene rings is 2. The first kappa shape index (κ1) is 17.5. The third kappa shape index (κ3) is 3.03. The van der Waals surface area contributed by atoms with E-state index in [1.807, 2.05) is 25.1 Å². The predicted molar refractivity (Wildman–Crippen MR) is 106 cm³/mol. The SMILES string of the molecule is Cc1ccc2c(c1)N[C@@H](c1cccc(O)c1O)C1=C(CC(C)(C)CC1=O)N2. The van der Waals surface area contributed by atoms with E-state index in [-0.39, 0.29) is 22.7 Å². The van der Waals surface area contributed by atoms with Crippen LogP contribution in [-0.2, 0) is 4.79 Å². The summed E-state index contributed by atoms with van der Waals surface area (Å²) in [6, 6.07) is 10.4. The first-order chi connectivity index (χ1) is 12.7. The summed E-state index contributed by atoms with van der Waals surface area (Å²) < 4.78 is 0. The van der Waals surface area contributed by atoms with Crippen molar-refractivity contribution in [1.82, 2.24) is 0 Å². The number of carbonyl (C=O) groups is 1. The number of Topliss-reactive ketones (excluding diaryl/α,β-unsaturated/α-hetero) is 1. The number of hydrogen-bond donors (Lipinski definition) is 4. The van der Waals surface area contributed by atoms with Crippen molar-refractivity contribution in [3.63, 3.8) is 0 Å². The summed E-state index contributed by atoms with van der Waals surface area (Å²) in [6.45, 7) is 6.19. The second kappa shape index (κ2) is 6.05. The van der Waals surface area contributed by atoms with E-state index in [1.165, 1.54) is 6.07 Å². The smallest absolute Gasteiger partial charge is 0.163 e. The zero-order valence-electron chi connectivity index (χ0n) is 15.8. The van der Waals surface area contributed by atoms with Crippen LogP contribution in [0.4, 0.5) is 11.4 Å². The monoisotopic (exact) mass is 364 g/mol. The largest absolute Gasteiger partial charge is 0.504 e. The summed E-state index contributed by atoms with van der Waals surface area (Å²) in [5.74, 6) is -0.337. The maximum atomic E-state index is 13.1. The molecule has 5 nitrogen and oxygen atoms in total. The third-order valence-electron chi connectivity index (χ3n) is 5.33. The fourth-order valence-electron chi connectivity index (χ4n) is 4.07. The molecule has 0 spiro atoms. The van der Waals surface area contributed by atoms with Gasteiger partial charge in [-0.25, -0.2) is 0 Å². The van der Waals surface area contributed by atoms with Crippen LogP contribution in [0.3, 0.4) is 0 Å². The minimum atomic E-state index is -0.536. The lowest BCUT2D eigenvalue weighted by Gasteiger charge is -2.34. The second-order valence-corrected chi connectivity index (χ2v) is 8.30. The number of nitrogens with one attached hydrogen (secondary N) is 2. The van der Waals surface area contributed by atoms with Gasteiger partial charge in [0.2, 0.25) is 0 Å². The molecule has 1 heterocycles. The molecule has 140 valence electrons. The van der Waals surface area contributed by atoms with Crippen molar-refractivity contribution in [2.75, 3.05) is 10.6 Å². The van der Waals surface area contributed by atoms with Crippen LogP contribution in [0.25, 0.3) is 0 Å². The molecule has 0 aromatic heterocycles. The Balaban J connectivity index is 1.94. The first-order valence-corrected chi connectivity index (χ1v) is 9.16. The van der Waals surface area contributed by atoms with Crippen LogP contribution in [-0.4, -0.2) is 16.0 Å². The molecule has 0 bridgehead atoms. The number of fused-ring (bicyclic) bond motifs is 1. The van der Waals surface area contributed by atoms with Crippen LogP contribution in [0, 0.1) is 12.3 Å². The van der Waals surface area contributed by atoms with Gasteiger partial charge in [0.05, 0.1) is 17.4 Å². The fraction of sp³-hybridized carbons (Fsp3) is 0.318. The van der Waals surface area contributed by atoms with Gasteiger partial charge in [0.1, 0.15) is 0 Å². The first-order valence-electron chi connectivity index (χ1n) is 9.16. The minimum Gasteiger partial charge on any atom is -0.504 e. The molecule has 1 atom stereocenters. The van der Waals surface area contributed by atoms with Crippen molar-refractivity contribution in [2.24, 2.45) is 5.41 Å². The fourth-order valence-corrected chi connectivity index (χ4v) is 4.07. The number of para-hydroxylation sites is 1. The summed E-state index contributed by atoms with van der Waals surface area (Å²) in [6.07, 6.45) is 1.18. The van der Waals surface area contributed by atoms with Gasteiger partial charge in [-0.2, -0.15) is 0 Å². The van der Waals surface area contributed by atoms with Crippen molar-refractivity contribution in [3.8, 4) is 11.5 Å². The number of aromatic hydroxyl groups is 2. The molecule has 1 aliphatic heterocycles.